The van der Waals surface area contributed by atoms with Crippen LogP contribution in [0.1, 0.15) is 27.2 Å². The lowest BCUT2D eigenvalue weighted by Crippen LogP contribution is -2.39. The second kappa shape index (κ2) is 6.59. The molecule has 0 heterocycles. The van der Waals surface area contributed by atoms with Gasteiger partial charge in [0.2, 0.25) is 0 Å². The summed E-state index contributed by atoms with van der Waals surface area (Å²) in [5.74, 6) is 0. The Kier molecular flexibility index (Phi) is 6.66. The van der Waals surface area contributed by atoms with Gasteiger partial charge in [0.1, 0.15) is 0 Å². The van der Waals surface area contributed by atoms with Gasteiger partial charge < -0.3 is 5.73 Å². The van der Waals surface area contributed by atoms with Gasteiger partial charge in [-0.1, -0.05) is 43.3 Å². The third-order valence-corrected chi connectivity index (χ3v) is 2.39. The summed E-state index contributed by atoms with van der Waals surface area (Å²) in [6.45, 7) is 14.2. The molecule has 2 nitrogen and oxygen atoms in total. The first-order valence-electron chi connectivity index (χ1n) is 5.17. The van der Waals surface area contributed by atoms with Crippen molar-refractivity contribution in [2.24, 2.45) is 11.1 Å². The Morgan fingerprint density at radius 2 is 2.07 bits per heavy atom. The van der Waals surface area contributed by atoms with Crippen molar-refractivity contribution in [2.45, 2.75) is 27.2 Å². The molecule has 0 rings (SSSR count). The van der Waals surface area contributed by atoms with Crippen molar-refractivity contribution < 1.29 is 0 Å². The predicted octanol–water partition coefficient (Wildman–Crippen LogP) is 2.59. The van der Waals surface area contributed by atoms with Crippen LogP contribution in [0.15, 0.2) is 11.1 Å². The van der Waals surface area contributed by atoms with Gasteiger partial charge in [-0.3, -0.25) is 4.90 Å². The van der Waals surface area contributed by atoms with E-state index in [2.05, 4.69) is 48.2 Å². The van der Waals surface area contributed by atoms with Crippen LogP contribution in [0.3, 0.4) is 0 Å². The zero-order chi connectivity index (χ0) is 11.2. The Morgan fingerprint density at radius 3 is 2.43 bits per heavy atom. The zero-order valence-corrected chi connectivity index (χ0v) is 11.2. The summed E-state index contributed by atoms with van der Waals surface area (Å²) in [4.78, 5) is 2.39. The Labute approximate surface area is 96.7 Å². The fraction of sp³-hybridized carbons (Fsp3) is 0.818. The lowest BCUT2D eigenvalue weighted by molar-refractivity contribution is 0.198. The molecule has 84 valence electrons. The molecule has 0 bridgehead atoms. The van der Waals surface area contributed by atoms with Crippen LogP contribution in [0.2, 0.25) is 0 Å². The minimum atomic E-state index is 0.192. The van der Waals surface area contributed by atoms with E-state index < -0.39 is 0 Å². The van der Waals surface area contributed by atoms with E-state index in [1.807, 2.05) is 0 Å². The van der Waals surface area contributed by atoms with Gasteiger partial charge in [-0.15, -0.1) is 0 Å². The minimum Gasteiger partial charge on any atom is -0.330 e. The van der Waals surface area contributed by atoms with E-state index in [-0.39, 0.29) is 5.41 Å². The van der Waals surface area contributed by atoms with E-state index in [4.69, 9.17) is 5.73 Å². The molecule has 0 radical (unpaired) electrons. The molecule has 3 heteroatoms. The van der Waals surface area contributed by atoms with E-state index in [1.54, 1.807) is 0 Å². The van der Waals surface area contributed by atoms with Gasteiger partial charge in [0.05, 0.1) is 0 Å². The van der Waals surface area contributed by atoms with Crippen LogP contribution in [-0.4, -0.2) is 31.1 Å². The maximum atomic E-state index is 5.72. The smallest absolute Gasteiger partial charge is 0.0294 e. The average molecular weight is 263 g/mol. The highest BCUT2D eigenvalue weighted by molar-refractivity contribution is 9.11. The van der Waals surface area contributed by atoms with Crippen LogP contribution in [0.4, 0.5) is 0 Å². The molecule has 0 saturated carbocycles. The van der Waals surface area contributed by atoms with Crippen molar-refractivity contribution in [1.29, 1.82) is 0 Å². The summed E-state index contributed by atoms with van der Waals surface area (Å²) < 4.78 is 1.04. The highest BCUT2D eigenvalue weighted by atomic mass is 79.9. The molecule has 0 spiro atoms. The molecular formula is C11H23BrN2. The highest BCUT2D eigenvalue weighted by Gasteiger charge is 2.19. The van der Waals surface area contributed by atoms with Gasteiger partial charge in [0, 0.05) is 17.6 Å². The maximum absolute atomic E-state index is 5.72. The summed E-state index contributed by atoms with van der Waals surface area (Å²) in [5, 5.41) is 0. The predicted molar refractivity (Wildman–Crippen MR) is 67.6 cm³/mol. The molecular weight excluding hydrogens is 240 g/mol. The molecule has 0 aromatic carbocycles. The molecule has 0 aliphatic carbocycles. The first kappa shape index (κ1) is 14.1. The number of hydrogen-bond donors (Lipinski definition) is 1. The SMILES string of the molecule is C=C(Br)CN(CCC)CC(C)(C)CN. The van der Waals surface area contributed by atoms with Gasteiger partial charge in [0.25, 0.3) is 0 Å². The van der Waals surface area contributed by atoms with E-state index >= 15 is 0 Å². The third kappa shape index (κ3) is 6.57. The minimum absolute atomic E-state index is 0.192. The normalized spacial score (nSPS) is 12.1. The van der Waals surface area contributed by atoms with E-state index in [1.165, 1.54) is 6.42 Å². The second-order valence-corrected chi connectivity index (χ2v) is 5.72. The van der Waals surface area contributed by atoms with E-state index in [0.29, 0.717) is 0 Å². The van der Waals surface area contributed by atoms with Crippen molar-refractivity contribution >= 4 is 15.9 Å². The number of nitrogens with two attached hydrogens (primary N) is 1. The van der Waals surface area contributed by atoms with Crippen LogP contribution in [0.25, 0.3) is 0 Å². The monoisotopic (exact) mass is 262 g/mol. The molecule has 0 amide bonds. The van der Waals surface area contributed by atoms with Crippen molar-refractivity contribution in [3.8, 4) is 0 Å². The second-order valence-electron chi connectivity index (χ2n) is 4.60. The summed E-state index contributed by atoms with van der Waals surface area (Å²) in [5.41, 5.74) is 5.91. The maximum Gasteiger partial charge on any atom is 0.0294 e. The van der Waals surface area contributed by atoms with Crippen LogP contribution in [0.5, 0.6) is 0 Å². The van der Waals surface area contributed by atoms with Crippen LogP contribution in [-0.2, 0) is 0 Å². The molecule has 2 N–H and O–H groups in total. The molecule has 0 saturated heterocycles. The van der Waals surface area contributed by atoms with Crippen molar-refractivity contribution in [2.75, 3.05) is 26.2 Å². The van der Waals surface area contributed by atoms with Gasteiger partial charge in [-0.2, -0.15) is 0 Å². The van der Waals surface area contributed by atoms with Crippen molar-refractivity contribution in [3.05, 3.63) is 11.1 Å². The van der Waals surface area contributed by atoms with Gasteiger partial charge in [-0.05, 0) is 24.9 Å². The van der Waals surface area contributed by atoms with Crippen molar-refractivity contribution in [1.82, 2.24) is 4.90 Å². The first-order valence-corrected chi connectivity index (χ1v) is 5.96. The van der Waals surface area contributed by atoms with Crippen molar-refractivity contribution in [3.63, 3.8) is 0 Å². The summed E-state index contributed by atoms with van der Waals surface area (Å²) in [7, 11) is 0. The first-order chi connectivity index (χ1) is 6.41. The molecule has 0 aliphatic heterocycles. The largest absolute Gasteiger partial charge is 0.330 e. The topological polar surface area (TPSA) is 29.3 Å². The van der Waals surface area contributed by atoms with Gasteiger partial charge >= 0.3 is 0 Å². The van der Waals surface area contributed by atoms with Gasteiger partial charge in [0.15, 0.2) is 0 Å². The standard InChI is InChI=1S/C11H23BrN2/c1-5-6-14(7-10(2)12)9-11(3,4)8-13/h2,5-9,13H2,1,3-4H3. The number of hydrogen-bond acceptors (Lipinski definition) is 2. The van der Waals surface area contributed by atoms with Gasteiger partial charge in [-0.25, -0.2) is 0 Å². The molecule has 14 heavy (non-hydrogen) atoms. The zero-order valence-electron chi connectivity index (χ0n) is 9.65. The lowest BCUT2D eigenvalue weighted by Gasteiger charge is -2.31. The summed E-state index contributed by atoms with van der Waals surface area (Å²) in [6.07, 6.45) is 1.17. The Bertz CT molecular complexity index is 178. The molecule has 0 atom stereocenters. The number of rotatable bonds is 7. The quantitative estimate of drug-likeness (QED) is 0.765. The van der Waals surface area contributed by atoms with Crippen LogP contribution < -0.4 is 5.73 Å². The van der Waals surface area contributed by atoms with Crippen LogP contribution >= 0.6 is 15.9 Å². The number of nitrogens with zero attached hydrogens (tertiary/aromatic N) is 1. The average Bonchev–Trinajstić information content (AvgIpc) is 2.03. The molecule has 0 fully saturated rings. The fourth-order valence-corrected chi connectivity index (χ4v) is 1.80. The summed E-state index contributed by atoms with van der Waals surface area (Å²) in [6, 6.07) is 0. The molecule has 0 aromatic heterocycles. The Hall–Kier alpha value is 0.140. The highest BCUT2D eigenvalue weighted by Crippen LogP contribution is 2.16. The lowest BCUT2D eigenvalue weighted by atomic mass is 9.93. The molecule has 0 aliphatic rings. The Morgan fingerprint density at radius 1 is 1.50 bits per heavy atom. The molecule has 0 aromatic rings. The fourth-order valence-electron chi connectivity index (χ4n) is 1.44. The number of halogens is 1. The third-order valence-electron chi connectivity index (χ3n) is 2.14. The molecule has 0 unspecified atom stereocenters. The van der Waals surface area contributed by atoms with Crippen LogP contribution in [0, 0.1) is 5.41 Å². The Balaban J connectivity index is 4.14. The van der Waals surface area contributed by atoms with E-state index in [0.717, 1.165) is 30.7 Å². The van der Waals surface area contributed by atoms with E-state index in [9.17, 15) is 0 Å². The summed E-state index contributed by atoms with van der Waals surface area (Å²) >= 11 is 3.41.